The molecule has 0 bridgehead atoms. The third-order valence-electron chi connectivity index (χ3n) is 4.10. The number of benzene rings is 2. The van der Waals surface area contributed by atoms with Crippen LogP contribution in [0.4, 0.5) is 11.4 Å². The number of nitrogens with zero attached hydrogens (tertiary/aromatic N) is 2. The number of esters is 1. The monoisotopic (exact) mass is 402 g/mol. The largest absolute Gasteiger partial charge is 0.493 e. The molecule has 0 spiro atoms. The van der Waals surface area contributed by atoms with Crippen molar-refractivity contribution in [3.8, 4) is 11.5 Å². The van der Waals surface area contributed by atoms with Crippen LogP contribution in [0.5, 0.6) is 11.5 Å². The SMILES string of the molecule is CCOc1cc(C(=O)OC(C)C(=O)N(C)c2ccccc2)c([N+](=O)[O-])cc1OC. The minimum absolute atomic E-state index is 0.114. The molecule has 9 nitrogen and oxygen atoms in total. The molecule has 29 heavy (non-hydrogen) atoms. The summed E-state index contributed by atoms with van der Waals surface area (Å²) in [6.07, 6.45) is -1.16. The van der Waals surface area contributed by atoms with Crippen molar-refractivity contribution in [2.24, 2.45) is 0 Å². The Morgan fingerprint density at radius 3 is 2.38 bits per heavy atom. The number of carbonyl (C=O) groups excluding carboxylic acids is 2. The van der Waals surface area contributed by atoms with E-state index in [0.717, 1.165) is 6.07 Å². The number of para-hydroxylation sites is 1. The van der Waals surface area contributed by atoms with Crippen molar-refractivity contribution in [2.75, 3.05) is 25.7 Å². The summed E-state index contributed by atoms with van der Waals surface area (Å²) < 4.78 is 15.7. The van der Waals surface area contributed by atoms with E-state index in [9.17, 15) is 19.7 Å². The Balaban J connectivity index is 2.27. The molecule has 9 heteroatoms. The lowest BCUT2D eigenvalue weighted by molar-refractivity contribution is -0.385. The Kier molecular flexibility index (Phi) is 7.13. The van der Waals surface area contributed by atoms with Crippen molar-refractivity contribution in [3.05, 3.63) is 58.1 Å². The average Bonchev–Trinajstić information content (AvgIpc) is 2.72. The topological polar surface area (TPSA) is 108 Å². The second-order valence-electron chi connectivity index (χ2n) is 5.99. The quantitative estimate of drug-likeness (QED) is 0.379. The van der Waals surface area contributed by atoms with Crippen LogP contribution in [0.15, 0.2) is 42.5 Å². The van der Waals surface area contributed by atoms with E-state index in [4.69, 9.17) is 14.2 Å². The number of anilines is 1. The third-order valence-corrected chi connectivity index (χ3v) is 4.10. The Morgan fingerprint density at radius 1 is 1.17 bits per heavy atom. The van der Waals surface area contributed by atoms with Crippen LogP contribution >= 0.6 is 0 Å². The van der Waals surface area contributed by atoms with Gasteiger partial charge in [-0.25, -0.2) is 4.79 Å². The average molecular weight is 402 g/mol. The first-order chi connectivity index (χ1) is 13.8. The van der Waals surface area contributed by atoms with Crippen LogP contribution < -0.4 is 14.4 Å². The molecular weight excluding hydrogens is 380 g/mol. The Bertz CT molecular complexity index is 899. The predicted molar refractivity (Wildman–Crippen MR) is 106 cm³/mol. The predicted octanol–water partition coefficient (Wildman–Crippen LogP) is 3.21. The molecule has 2 aromatic carbocycles. The molecule has 154 valence electrons. The van der Waals surface area contributed by atoms with Crippen LogP contribution in [0.1, 0.15) is 24.2 Å². The molecule has 0 saturated carbocycles. The van der Waals surface area contributed by atoms with Crippen molar-refractivity contribution in [2.45, 2.75) is 20.0 Å². The van der Waals surface area contributed by atoms with E-state index in [1.165, 1.54) is 25.0 Å². The number of carbonyl (C=O) groups is 2. The molecule has 0 aliphatic heterocycles. The Hall–Kier alpha value is -3.62. The van der Waals surface area contributed by atoms with E-state index in [-0.39, 0.29) is 23.7 Å². The van der Waals surface area contributed by atoms with Gasteiger partial charge >= 0.3 is 5.97 Å². The van der Waals surface area contributed by atoms with Gasteiger partial charge in [-0.1, -0.05) is 18.2 Å². The number of nitro groups is 1. The molecule has 0 aliphatic carbocycles. The number of hydrogen-bond acceptors (Lipinski definition) is 7. The fraction of sp³-hybridized carbons (Fsp3) is 0.300. The number of nitro benzene ring substituents is 1. The van der Waals surface area contributed by atoms with Crippen molar-refractivity contribution in [1.29, 1.82) is 0 Å². The molecule has 0 fully saturated rings. The highest BCUT2D eigenvalue weighted by molar-refractivity contribution is 6.00. The Morgan fingerprint density at radius 2 is 1.83 bits per heavy atom. The second kappa shape index (κ2) is 9.54. The third kappa shape index (κ3) is 5.01. The molecule has 2 rings (SSSR count). The zero-order valence-corrected chi connectivity index (χ0v) is 16.6. The number of rotatable bonds is 8. The molecule has 0 aromatic heterocycles. The number of methoxy groups -OCH3 is 1. The highest BCUT2D eigenvalue weighted by atomic mass is 16.6. The van der Waals surface area contributed by atoms with Crippen molar-refractivity contribution < 1.29 is 28.7 Å². The molecule has 0 N–H and O–H groups in total. The molecule has 1 unspecified atom stereocenters. The molecule has 1 atom stereocenters. The van der Waals surface area contributed by atoms with E-state index >= 15 is 0 Å². The van der Waals surface area contributed by atoms with Crippen LogP contribution in [0.3, 0.4) is 0 Å². The van der Waals surface area contributed by atoms with Gasteiger partial charge in [0, 0.05) is 18.8 Å². The van der Waals surface area contributed by atoms with Crippen LogP contribution in [0.25, 0.3) is 0 Å². The maximum Gasteiger partial charge on any atom is 0.346 e. The summed E-state index contributed by atoms with van der Waals surface area (Å²) in [5.41, 5.74) is -0.220. The van der Waals surface area contributed by atoms with Gasteiger partial charge in [0.25, 0.3) is 11.6 Å². The molecule has 1 amide bonds. The summed E-state index contributed by atoms with van der Waals surface area (Å²) in [6.45, 7) is 3.39. The van der Waals surface area contributed by atoms with Gasteiger partial charge < -0.3 is 19.1 Å². The number of amides is 1. The summed E-state index contributed by atoms with van der Waals surface area (Å²) in [4.78, 5) is 37.2. The molecule has 0 aliphatic rings. The van der Waals surface area contributed by atoms with Gasteiger partial charge in [-0.2, -0.15) is 0 Å². The van der Waals surface area contributed by atoms with Crippen LogP contribution in [-0.2, 0) is 9.53 Å². The zero-order chi connectivity index (χ0) is 21.6. The summed E-state index contributed by atoms with van der Waals surface area (Å²) in [5.74, 6) is -1.22. The first kappa shape index (κ1) is 21.7. The van der Waals surface area contributed by atoms with Gasteiger partial charge in [-0.05, 0) is 26.0 Å². The van der Waals surface area contributed by atoms with Crippen molar-refractivity contribution in [3.63, 3.8) is 0 Å². The minimum Gasteiger partial charge on any atom is -0.493 e. The van der Waals surface area contributed by atoms with Gasteiger partial charge in [-0.15, -0.1) is 0 Å². The minimum atomic E-state index is -1.16. The van der Waals surface area contributed by atoms with E-state index < -0.39 is 28.6 Å². The first-order valence-corrected chi connectivity index (χ1v) is 8.82. The lowest BCUT2D eigenvalue weighted by Gasteiger charge is -2.21. The van der Waals surface area contributed by atoms with Gasteiger partial charge in [0.1, 0.15) is 5.56 Å². The van der Waals surface area contributed by atoms with E-state index in [1.54, 1.807) is 38.2 Å². The summed E-state index contributed by atoms with van der Waals surface area (Å²) in [7, 11) is 2.88. The van der Waals surface area contributed by atoms with Crippen LogP contribution in [-0.4, -0.2) is 43.7 Å². The smallest absolute Gasteiger partial charge is 0.346 e. The zero-order valence-electron chi connectivity index (χ0n) is 16.6. The molecule has 0 radical (unpaired) electrons. The van der Waals surface area contributed by atoms with Crippen LogP contribution in [0.2, 0.25) is 0 Å². The molecular formula is C20H22N2O7. The van der Waals surface area contributed by atoms with Gasteiger partial charge in [0.15, 0.2) is 17.6 Å². The second-order valence-corrected chi connectivity index (χ2v) is 5.99. The van der Waals surface area contributed by atoms with E-state index in [0.29, 0.717) is 5.69 Å². The van der Waals surface area contributed by atoms with Crippen molar-refractivity contribution >= 4 is 23.3 Å². The number of ether oxygens (including phenoxy) is 3. The highest BCUT2D eigenvalue weighted by Crippen LogP contribution is 2.35. The highest BCUT2D eigenvalue weighted by Gasteiger charge is 2.29. The maximum absolute atomic E-state index is 12.6. The normalized spacial score (nSPS) is 11.3. The number of likely N-dealkylation sites (N-methyl/N-ethyl adjacent to an activating group) is 1. The lowest BCUT2D eigenvalue weighted by Crippen LogP contribution is -2.37. The summed E-state index contributed by atoms with van der Waals surface area (Å²) in [6, 6.07) is 11.1. The van der Waals surface area contributed by atoms with Gasteiger partial charge in [0.2, 0.25) is 0 Å². The first-order valence-electron chi connectivity index (χ1n) is 8.82. The Labute approximate surface area is 167 Å². The van der Waals surface area contributed by atoms with E-state index in [2.05, 4.69) is 0 Å². The van der Waals surface area contributed by atoms with E-state index in [1.807, 2.05) is 6.07 Å². The fourth-order valence-corrected chi connectivity index (χ4v) is 2.62. The molecule has 2 aromatic rings. The van der Waals surface area contributed by atoms with Crippen LogP contribution in [0, 0.1) is 10.1 Å². The number of hydrogen-bond donors (Lipinski definition) is 0. The lowest BCUT2D eigenvalue weighted by atomic mass is 10.1. The summed E-state index contributed by atoms with van der Waals surface area (Å²) >= 11 is 0. The van der Waals surface area contributed by atoms with Crippen molar-refractivity contribution in [1.82, 2.24) is 0 Å². The van der Waals surface area contributed by atoms with Gasteiger partial charge in [0.05, 0.1) is 24.7 Å². The molecule has 0 heterocycles. The fourth-order valence-electron chi connectivity index (χ4n) is 2.62. The van der Waals surface area contributed by atoms with Gasteiger partial charge in [-0.3, -0.25) is 14.9 Å². The molecule has 0 saturated heterocycles. The summed E-state index contributed by atoms with van der Waals surface area (Å²) in [5, 5.41) is 11.4. The standard InChI is InChI=1S/C20H22N2O7/c1-5-28-18-11-15(16(22(25)26)12-17(18)27-4)20(24)29-13(2)19(23)21(3)14-9-7-6-8-10-14/h6-13H,5H2,1-4H3. The maximum atomic E-state index is 12.6.